The Morgan fingerprint density at radius 2 is 2.05 bits per heavy atom. The van der Waals surface area contributed by atoms with E-state index in [2.05, 4.69) is 0 Å². The number of aromatic carboxylic acids is 1. The second kappa shape index (κ2) is 5.39. The summed E-state index contributed by atoms with van der Waals surface area (Å²) in [6.45, 7) is 0. The Labute approximate surface area is 122 Å². The molecule has 0 bridgehead atoms. The largest absolute Gasteiger partial charge is 0.477 e. The third-order valence-corrected chi connectivity index (χ3v) is 4.92. The molecule has 0 radical (unpaired) electrons. The molecular weight excluding hydrogens is 329 g/mol. The minimum Gasteiger partial charge on any atom is -0.477 e. The quantitative estimate of drug-likeness (QED) is 0.899. The maximum absolute atomic E-state index is 13.5. The van der Waals surface area contributed by atoms with Crippen molar-refractivity contribution in [1.82, 2.24) is 0 Å². The van der Waals surface area contributed by atoms with E-state index in [4.69, 9.17) is 16.7 Å². The van der Waals surface area contributed by atoms with Crippen LogP contribution in [0.2, 0.25) is 5.02 Å². The van der Waals surface area contributed by atoms with Gasteiger partial charge in [-0.3, -0.25) is 4.72 Å². The maximum Gasteiger partial charge on any atom is 0.345 e. The van der Waals surface area contributed by atoms with Crippen LogP contribution in [0, 0.1) is 5.82 Å². The number of sulfonamides is 1. The molecule has 106 valence electrons. The van der Waals surface area contributed by atoms with Crippen molar-refractivity contribution in [3.63, 3.8) is 0 Å². The van der Waals surface area contributed by atoms with E-state index in [1.54, 1.807) is 0 Å². The molecule has 0 spiro atoms. The van der Waals surface area contributed by atoms with Crippen LogP contribution in [0.15, 0.2) is 34.5 Å². The topological polar surface area (TPSA) is 83.5 Å². The van der Waals surface area contributed by atoms with Gasteiger partial charge in [0.2, 0.25) is 0 Å². The summed E-state index contributed by atoms with van der Waals surface area (Å²) in [4.78, 5) is 10.3. The zero-order valence-electron chi connectivity index (χ0n) is 9.63. The zero-order valence-corrected chi connectivity index (χ0v) is 12.0. The van der Waals surface area contributed by atoms with Gasteiger partial charge < -0.3 is 5.11 Å². The summed E-state index contributed by atoms with van der Waals surface area (Å²) in [6, 6.07) is 4.48. The molecule has 0 amide bonds. The molecular formula is C11H7ClFNO4S2. The van der Waals surface area contributed by atoms with Crippen LogP contribution in [-0.4, -0.2) is 19.5 Å². The molecule has 9 heteroatoms. The molecule has 0 saturated carbocycles. The first-order valence-corrected chi connectivity index (χ1v) is 7.83. The first kappa shape index (κ1) is 14.8. The van der Waals surface area contributed by atoms with E-state index in [0.29, 0.717) is 0 Å². The van der Waals surface area contributed by atoms with Gasteiger partial charge in [-0.1, -0.05) is 11.6 Å². The van der Waals surface area contributed by atoms with Crippen LogP contribution >= 0.6 is 22.9 Å². The minimum absolute atomic E-state index is 0.123. The Morgan fingerprint density at radius 1 is 1.35 bits per heavy atom. The van der Waals surface area contributed by atoms with Crippen LogP contribution in [0.1, 0.15) is 9.67 Å². The molecule has 2 N–H and O–H groups in total. The third-order valence-electron chi connectivity index (χ3n) is 2.27. The van der Waals surface area contributed by atoms with E-state index in [1.165, 1.54) is 17.5 Å². The predicted molar refractivity (Wildman–Crippen MR) is 73.5 cm³/mol. The van der Waals surface area contributed by atoms with Crippen molar-refractivity contribution >= 4 is 44.6 Å². The van der Waals surface area contributed by atoms with Crippen LogP contribution in [0.4, 0.5) is 10.1 Å². The second-order valence-electron chi connectivity index (χ2n) is 3.68. The maximum atomic E-state index is 13.5. The smallest absolute Gasteiger partial charge is 0.345 e. The van der Waals surface area contributed by atoms with E-state index in [9.17, 15) is 17.6 Å². The molecule has 1 aromatic carbocycles. The predicted octanol–water partition coefficient (Wildman–Crippen LogP) is 3.04. The molecule has 2 rings (SSSR count). The third kappa shape index (κ3) is 3.09. The van der Waals surface area contributed by atoms with Gasteiger partial charge in [0.25, 0.3) is 10.0 Å². The van der Waals surface area contributed by atoms with Gasteiger partial charge in [0.15, 0.2) is 0 Å². The van der Waals surface area contributed by atoms with E-state index >= 15 is 0 Å². The van der Waals surface area contributed by atoms with Crippen LogP contribution in [-0.2, 0) is 10.0 Å². The molecule has 0 aliphatic carbocycles. The highest BCUT2D eigenvalue weighted by Crippen LogP contribution is 2.24. The summed E-state index contributed by atoms with van der Waals surface area (Å²) in [5, 5.41) is 10.0. The fraction of sp³-hybridized carbons (Fsp3) is 0. The molecule has 0 fully saturated rings. The fourth-order valence-corrected chi connectivity index (χ4v) is 3.69. The van der Waals surface area contributed by atoms with Crippen molar-refractivity contribution < 1.29 is 22.7 Å². The van der Waals surface area contributed by atoms with E-state index < -0.39 is 21.8 Å². The van der Waals surface area contributed by atoms with Gasteiger partial charge in [0.1, 0.15) is 10.7 Å². The SMILES string of the molecule is O=C(O)c1cc(S(=O)(=O)Nc2ccc(Cl)cc2F)cs1. The molecule has 0 saturated heterocycles. The molecule has 5 nitrogen and oxygen atoms in total. The van der Waals surface area contributed by atoms with Gasteiger partial charge in [0, 0.05) is 10.4 Å². The summed E-state index contributed by atoms with van der Waals surface area (Å²) < 4.78 is 39.5. The lowest BCUT2D eigenvalue weighted by Gasteiger charge is -2.07. The molecule has 1 heterocycles. The number of nitrogens with one attached hydrogen (secondary N) is 1. The number of carbonyl (C=O) groups is 1. The van der Waals surface area contributed by atoms with Crippen LogP contribution in [0.25, 0.3) is 0 Å². The average molecular weight is 336 g/mol. The number of benzene rings is 1. The lowest BCUT2D eigenvalue weighted by molar-refractivity contribution is 0.0702. The van der Waals surface area contributed by atoms with Gasteiger partial charge >= 0.3 is 5.97 Å². The fourth-order valence-electron chi connectivity index (χ4n) is 1.35. The number of hydrogen-bond donors (Lipinski definition) is 2. The van der Waals surface area contributed by atoms with E-state index in [-0.39, 0.29) is 20.5 Å². The molecule has 20 heavy (non-hydrogen) atoms. The number of rotatable bonds is 4. The summed E-state index contributed by atoms with van der Waals surface area (Å²) in [7, 11) is -4.05. The number of thiophene rings is 1. The van der Waals surface area contributed by atoms with Gasteiger partial charge in [0.05, 0.1) is 10.6 Å². The number of carboxylic acid groups (broad SMARTS) is 1. The normalized spacial score (nSPS) is 11.3. The Kier molecular flexibility index (Phi) is 3.98. The number of hydrogen-bond acceptors (Lipinski definition) is 4. The van der Waals surface area contributed by atoms with Crippen molar-refractivity contribution in [2.24, 2.45) is 0 Å². The average Bonchev–Trinajstić information content (AvgIpc) is 2.83. The summed E-state index contributed by atoms with van der Waals surface area (Å²) in [5.41, 5.74) is -0.266. The van der Waals surface area contributed by atoms with Crippen molar-refractivity contribution in [3.05, 3.63) is 45.4 Å². The summed E-state index contributed by atoms with van der Waals surface area (Å²) in [6.07, 6.45) is 0. The number of halogens is 2. The Morgan fingerprint density at radius 3 is 2.60 bits per heavy atom. The molecule has 0 aliphatic heterocycles. The van der Waals surface area contributed by atoms with Gasteiger partial charge in [-0.2, -0.15) is 0 Å². The Bertz CT molecular complexity index is 772. The lowest BCUT2D eigenvalue weighted by atomic mass is 10.3. The van der Waals surface area contributed by atoms with Crippen LogP contribution < -0.4 is 4.72 Å². The van der Waals surface area contributed by atoms with Crippen LogP contribution in [0.5, 0.6) is 0 Å². The number of anilines is 1. The number of carboxylic acids is 1. The highest BCUT2D eigenvalue weighted by molar-refractivity contribution is 7.92. The van der Waals surface area contributed by atoms with E-state index in [0.717, 1.165) is 23.5 Å². The van der Waals surface area contributed by atoms with Gasteiger partial charge in [-0.25, -0.2) is 17.6 Å². The van der Waals surface area contributed by atoms with Crippen molar-refractivity contribution in [2.45, 2.75) is 4.90 Å². The molecule has 0 atom stereocenters. The molecule has 2 aromatic rings. The Balaban J connectivity index is 2.33. The first-order chi connectivity index (χ1) is 9.29. The highest BCUT2D eigenvalue weighted by atomic mass is 35.5. The summed E-state index contributed by atoms with van der Waals surface area (Å²) >= 11 is 6.33. The second-order valence-corrected chi connectivity index (χ2v) is 6.71. The van der Waals surface area contributed by atoms with E-state index in [1.807, 2.05) is 4.72 Å². The lowest BCUT2D eigenvalue weighted by Crippen LogP contribution is -2.13. The molecule has 0 unspecified atom stereocenters. The molecule has 0 aliphatic rings. The zero-order chi connectivity index (χ0) is 14.9. The summed E-state index contributed by atoms with van der Waals surface area (Å²) in [5.74, 6) is -2.05. The first-order valence-electron chi connectivity index (χ1n) is 5.09. The minimum atomic E-state index is -4.05. The van der Waals surface area contributed by atoms with Crippen molar-refractivity contribution in [2.75, 3.05) is 4.72 Å². The van der Waals surface area contributed by atoms with Gasteiger partial charge in [-0.15, -0.1) is 11.3 Å². The standard InChI is InChI=1S/C11H7ClFNO4S2/c12-6-1-2-9(8(13)3-6)14-20(17,18)7-4-10(11(15)16)19-5-7/h1-5,14H,(H,15,16). The highest BCUT2D eigenvalue weighted by Gasteiger charge is 2.20. The van der Waals surface area contributed by atoms with Gasteiger partial charge in [-0.05, 0) is 24.3 Å². The molecule has 1 aromatic heterocycles. The van der Waals surface area contributed by atoms with Crippen LogP contribution in [0.3, 0.4) is 0 Å². The Hall–Kier alpha value is -1.64. The monoisotopic (exact) mass is 335 g/mol. The van der Waals surface area contributed by atoms with Crippen molar-refractivity contribution in [3.8, 4) is 0 Å². The van der Waals surface area contributed by atoms with Crippen molar-refractivity contribution in [1.29, 1.82) is 0 Å².